The molecule has 0 aliphatic carbocycles. The Hall–Kier alpha value is -1.00. The van der Waals surface area contributed by atoms with Crippen molar-refractivity contribution >= 4 is 17.3 Å². The van der Waals surface area contributed by atoms with E-state index in [0.717, 1.165) is 5.69 Å². The molecule has 1 aromatic rings. The molecule has 0 fully saturated rings. The van der Waals surface area contributed by atoms with Crippen LogP contribution in [-0.2, 0) is 0 Å². The minimum absolute atomic E-state index is 0.705. The topological polar surface area (TPSA) is 4.36 Å². The number of halogens is 1. The Bertz CT molecular complexity index is 283. The van der Waals surface area contributed by atoms with Gasteiger partial charge in [0.2, 0.25) is 0 Å². The molecule has 1 aromatic carbocycles. The van der Waals surface area contributed by atoms with Gasteiger partial charge >= 0.3 is 5.69 Å². The first-order valence-corrected chi connectivity index (χ1v) is 3.34. The number of nitrogens with zero attached hydrogens (tertiary/aromatic N) is 1. The summed E-state index contributed by atoms with van der Waals surface area (Å²) in [6, 6.07) is 10.0. The zero-order chi connectivity index (χ0) is 7.40. The van der Waals surface area contributed by atoms with Gasteiger partial charge in [0, 0.05) is 17.2 Å². The predicted molar refractivity (Wildman–Crippen MR) is 44.0 cm³/mol. The second-order valence-corrected chi connectivity index (χ2v) is 2.25. The van der Waals surface area contributed by atoms with E-state index in [1.54, 1.807) is 13.0 Å². The molecule has 50 valence electrons. The summed E-state index contributed by atoms with van der Waals surface area (Å²) in [4.78, 5) is 3.93. The lowest BCUT2D eigenvalue weighted by Gasteiger charge is -1.80. The van der Waals surface area contributed by atoms with Crippen LogP contribution in [0.5, 0.6) is 0 Å². The van der Waals surface area contributed by atoms with Crippen LogP contribution in [0.15, 0.2) is 24.3 Å². The van der Waals surface area contributed by atoms with Crippen molar-refractivity contribution in [2.24, 2.45) is 0 Å². The minimum atomic E-state index is 0.705. The van der Waals surface area contributed by atoms with E-state index < -0.39 is 0 Å². The second-order valence-electron chi connectivity index (χ2n) is 1.82. The molecule has 0 amide bonds. The fourth-order valence-electron chi connectivity index (χ4n) is 0.675. The molecule has 0 bridgehead atoms. The van der Waals surface area contributed by atoms with Crippen LogP contribution in [0.25, 0.3) is 4.85 Å². The summed E-state index contributed by atoms with van der Waals surface area (Å²) < 4.78 is 0. The summed E-state index contributed by atoms with van der Waals surface area (Å²) >= 11 is 5.69. The van der Waals surface area contributed by atoms with Gasteiger partial charge in [-0.1, -0.05) is 17.7 Å². The van der Waals surface area contributed by atoms with E-state index in [-0.39, 0.29) is 0 Å². The molecular formula is C8H7ClN+. The van der Waals surface area contributed by atoms with E-state index >= 15 is 0 Å². The number of rotatable bonds is 0. The van der Waals surface area contributed by atoms with Crippen LogP contribution in [0.2, 0.25) is 5.02 Å². The Kier molecular flexibility index (Phi) is 2.30. The zero-order valence-electron chi connectivity index (χ0n) is 5.63. The summed E-state index contributed by atoms with van der Waals surface area (Å²) in [5.41, 5.74) is 0.843. The van der Waals surface area contributed by atoms with Crippen LogP contribution in [0.1, 0.15) is 6.92 Å². The van der Waals surface area contributed by atoms with Gasteiger partial charge in [0.25, 0.3) is 6.07 Å². The van der Waals surface area contributed by atoms with E-state index in [2.05, 4.69) is 10.9 Å². The average molecular weight is 153 g/mol. The Morgan fingerprint density at radius 3 is 2.90 bits per heavy atom. The average Bonchev–Trinajstić information content (AvgIpc) is 1.88. The van der Waals surface area contributed by atoms with E-state index in [0.29, 0.717) is 5.02 Å². The smallest absolute Gasteiger partial charge is 0.0840 e. The van der Waals surface area contributed by atoms with Gasteiger partial charge in [0.05, 0.1) is 6.92 Å². The summed E-state index contributed by atoms with van der Waals surface area (Å²) in [6.07, 6.45) is 0. The van der Waals surface area contributed by atoms with Crippen molar-refractivity contribution in [1.82, 2.24) is 0 Å². The van der Waals surface area contributed by atoms with Gasteiger partial charge in [-0.15, -0.1) is 0 Å². The van der Waals surface area contributed by atoms with Gasteiger partial charge < -0.3 is 0 Å². The molecule has 0 saturated carbocycles. The van der Waals surface area contributed by atoms with E-state index in [9.17, 15) is 0 Å². The van der Waals surface area contributed by atoms with Gasteiger partial charge in [-0.3, -0.25) is 0 Å². The van der Waals surface area contributed by atoms with E-state index in [4.69, 9.17) is 11.6 Å². The monoisotopic (exact) mass is 152 g/mol. The molecule has 0 aromatic heterocycles. The molecule has 0 atom stereocenters. The third-order valence-electron chi connectivity index (χ3n) is 1.05. The van der Waals surface area contributed by atoms with Crippen LogP contribution < -0.4 is 0 Å². The fraction of sp³-hybridized carbons (Fsp3) is 0.125. The highest BCUT2D eigenvalue weighted by atomic mass is 35.5. The number of hydrogen-bond acceptors (Lipinski definition) is 0. The maximum Gasteiger partial charge on any atom is 0.341 e. The molecular weight excluding hydrogens is 146 g/mol. The maximum absolute atomic E-state index is 5.69. The van der Waals surface area contributed by atoms with Crippen molar-refractivity contribution in [2.45, 2.75) is 6.92 Å². The normalized spacial score (nSPS) is 8.20. The van der Waals surface area contributed by atoms with Crippen LogP contribution in [0.3, 0.4) is 0 Å². The molecule has 0 unspecified atom stereocenters. The zero-order valence-corrected chi connectivity index (χ0v) is 6.39. The molecule has 0 aliphatic rings. The molecule has 1 nitrogen and oxygen atoms in total. The lowest BCUT2D eigenvalue weighted by atomic mass is 10.3. The van der Waals surface area contributed by atoms with Gasteiger partial charge in [-0.25, -0.2) is 0 Å². The van der Waals surface area contributed by atoms with Crippen LogP contribution in [0.4, 0.5) is 5.69 Å². The van der Waals surface area contributed by atoms with Crippen molar-refractivity contribution in [3.05, 3.63) is 34.1 Å². The van der Waals surface area contributed by atoms with Gasteiger partial charge in [-0.05, 0) is 10.9 Å². The molecule has 0 N–H and O–H groups in total. The SMILES string of the molecule is CC#[N+]c1cccc(Cl)c1. The summed E-state index contributed by atoms with van der Waals surface area (Å²) in [7, 11) is 0. The van der Waals surface area contributed by atoms with Gasteiger partial charge in [0.15, 0.2) is 0 Å². The molecule has 10 heavy (non-hydrogen) atoms. The largest absolute Gasteiger partial charge is 0.341 e. The van der Waals surface area contributed by atoms with Crippen molar-refractivity contribution in [3.63, 3.8) is 0 Å². The predicted octanol–water partition coefficient (Wildman–Crippen LogP) is 3.32. The van der Waals surface area contributed by atoms with E-state index in [1.165, 1.54) is 0 Å². The Morgan fingerprint density at radius 2 is 2.30 bits per heavy atom. The van der Waals surface area contributed by atoms with E-state index in [1.807, 2.05) is 18.2 Å². The highest BCUT2D eigenvalue weighted by Gasteiger charge is 1.98. The summed E-state index contributed by atoms with van der Waals surface area (Å²) in [5, 5.41) is 0.705. The van der Waals surface area contributed by atoms with Gasteiger partial charge in [-0.2, -0.15) is 0 Å². The Labute approximate surface area is 65.1 Å². The third kappa shape index (κ3) is 1.75. The summed E-state index contributed by atoms with van der Waals surface area (Å²) in [6.45, 7) is 1.75. The number of benzene rings is 1. The molecule has 0 spiro atoms. The third-order valence-corrected chi connectivity index (χ3v) is 1.28. The van der Waals surface area contributed by atoms with Crippen molar-refractivity contribution in [2.75, 3.05) is 0 Å². The molecule has 0 radical (unpaired) electrons. The molecule has 0 heterocycles. The minimum Gasteiger partial charge on any atom is -0.0840 e. The molecule has 1 rings (SSSR count). The van der Waals surface area contributed by atoms with Crippen molar-refractivity contribution in [1.29, 1.82) is 0 Å². The first-order chi connectivity index (χ1) is 4.83. The first kappa shape index (κ1) is 7.11. The quantitative estimate of drug-likeness (QED) is 0.537. The first-order valence-electron chi connectivity index (χ1n) is 2.96. The standard InChI is InChI=1S/C8H7ClN/c1-2-10-8-5-3-4-7(9)6-8/h3-6H,1H3/q+1. The lowest BCUT2D eigenvalue weighted by Crippen LogP contribution is -1.60. The number of hydrogen-bond donors (Lipinski definition) is 0. The van der Waals surface area contributed by atoms with Gasteiger partial charge in [0.1, 0.15) is 0 Å². The molecule has 0 saturated heterocycles. The maximum atomic E-state index is 5.69. The molecule has 0 aliphatic heterocycles. The second kappa shape index (κ2) is 3.24. The van der Waals surface area contributed by atoms with Crippen LogP contribution in [-0.4, -0.2) is 0 Å². The highest BCUT2D eigenvalue weighted by Crippen LogP contribution is 2.17. The van der Waals surface area contributed by atoms with Crippen molar-refractivity contribution in [3.8, 4) is 6.07 Å². The Balaban J connectivity index is 3.03. The van der Waals surface area contributed by atoms with Crippen LogP contribution in [0, 0.1) is 6.07 Å². The summed E-state index contributed by atoms with van der Waals surface area (Å²) in [5.74, 6) is 0. The lowest BCUT2D eigenvalue weighted by molar-refractivity contribution is 1.70. The van der Waals surface area contributed by atoms with Crippen LogP contribution >= 0.6 is 11.6 Å². The van der Waals surface area contributed by atoms with Crippen molar-refractivity contribution < 1.29 is 0 Å². The fourth-order valence-corrected chi connectivity index (χ4v) is 0.859. The Morgan fingerprint density at radius 1 is 1.50 bits per heavy atom. The highest BCUT2D eigenvalue weighted by molar-refractivity contribution is 6.30. The molecule has 2 heteroatoms.